The van der Waals surface area contributed by atoms with Crippen molar-refractivity contribution in [1.82, 2.24) is 31.9 Å². The van der Waals surface area contributed by atoms with E-state index in [9.17, 15) is 43.5 Å². The van der Waals surface area contributed by atoms with Gasteiger partial charge >= 0.3 is 5.97 Å². The molecular weight excluding hydrogens is 682 g/mol. The highest BCUT2D eigenvalue weighted by molar-refractivity contribution is 5.98. The molecule has 0 aliphatic heterocycles. The highest BCUT2D eigenvalue weighted by Gasteiger charge is 2.33. The van der Waals surface area contributed by atoms with Gasteiger partial charge in [-0.25, -0.2) is 0 Å². The first kappa shape index (κ1) is 42.5. The fraction of sp³-hybridized carbons (Fsp3) is 0.471. The van der Waals surface area contributed by atoms with Gasteiger partial charge in [-0.2, -0.15) is 0 Å². The zero-order chi connectivity index (χ0) is 38.8. The van der Waals surface area contributed by atoms with Crippen molar-refractivity contribution in [3.8, 4) is 0 Å². The molecule has 0 fully saturated rings. The van der Waals surface area contributed by atoms with Crippen LogP contribution in [0.15, 0.2) is 42.5 Å². The summed E-state index contributed by atoms with van der Waals surface area (Å²) >= 11 is 0. The summed E-state index contributed by atoms with van der Waals surface area (Å²) in [5.41, 5.74) is 5.95. The SMILES string of the molecule is CC(C)[C@H](NC(=O)C(CO)NC(=O)[C@H](CC(N)=O)NC(=O)[C@H](Cc1ccc2ccccc2c1)NC(=O)CCC(=O)O)C(=O)NCC(=O)NCCCO. The van der Waals surface area contributed by atoms with Gasteiger partial charge in [0.15, 0.2) is 0 Å². The Labute approximate surface area is 299 Å². The van der Waals surface area contributed by atoms with Crippen molar-refractivity contribution in [2.24, 2.45) is 11.7 Å². The fourth-order valence-electron chi connectivity index (χ4n) is 4.88. The van der Waals surface area contributed by atoms with Crippen LogP contribution in [0.3, 0.4) is 0 Å². The van der Waals surface area contributed by atoms with Crippen molar-refractivity contribution >= 4 is 58.1 Å². The summed E-state index contributed by atoms with van der Waals surface area (Å²) in [6, 6.07) is 6.81. The van der Waals surface area contributed by atoms with Crippen LogP contribution < -0.4 is 37.6 Å². The third-order valence-electron chi connectivity index (χ3n) is 7.65. The summed E-state index contributed by atoms with van der Waals surface area (Å²) in [7, 11) is 0. The molecule has 284 valence electrons. The molecule has 18 heteroatoms. The molecule has 0 spiro atoms. The van der Waals surface area contributed by atoms with E-state index in [1.807, 2.05) is 24.3 Å². The number of hydrogen-bond donors (Lipinski definition) is 10. The molecule has 0 heterocycles. The molecule has 52 heavy (non-hydrogen) atoms. The number of aliphatic carboxylic acids is 1. The Hall–Kier alpha value is -5.62. The number of nitrogens with two attached hydrogens (primary N) is 1. The van der Waals surface area contributed by atoms with Gasteiger partial charge in [0.25, 0.3) is 0 Å². The third kappa shape index (κ3) is 14.7. The minimum Gasteiger partial charge on any atom is -0.481 e. The maximum atomic E-state index is 13.6. The normalized spacial score (nSPS) is 13.2. The molecule has 0 radical (unpaired) electrons. The number of carboxylic acids is 1. The van der Waals surface area contributed by atoms with Crippen LogP contribution in [0.4, 0.5) is 0 Å². The summed E-state index contributed by atoms with van der Waals surface area (Å²) < 4.78 is 0. The van der Waals surface area contributed by atoms with E-state index in [4.69, 9.17) is 15.9 Å². The van der Waals surface area contributed by atoms with Gasteiger partial charge in [-0.05, 0) is 28.7 Å². The van der Waals surface area contributed by atoms with Crippen molar-refractivity contribution in [3.63, 3.8) is 0 Å². The molecule has 4 atom stereocenters. The van der Waals surface area contributed by atoms with E-state index in [0.29, 0.717) is 12.0 Å². The van der Waals surface area contributed by atoms with Gasteiger partial charge in [0, 0.05) is 26.0 Å². The van der Waals surface area contributed by atoms with E-state index in [1.54, 1.807) is 32.0 Å². The maximum Gasteiger partial charge on any atom is 0.303 e. The van der Waals surface area contributed by atoms with E-state index in [2.05, 4.69) is 31.9 Å². The molecule has 7 amide bonds. The maximum absolute atomic E-state index is 13.6. The number of aliphatic hydroxyl groups excluding tert-OH is 2. The monoisotopic (exact) mass is 729 g/mol. The fourth-order valence-corrected chi connectivity index (χ4v) is 4.88. The average molecular weight is 730 g/mol. The largest absolute Gasteiger partial charge is 0.481 e. The molecule has 2 rings (SSSR count). The Morgan fingerprint density at radius 1 is 0.712 bits per heavy atom. The van der Waals surface area contributed by atoms with Crippen LogP contribution in [0.1, 0.15) is 45.1 Å². The molecule has 0 bridgehead atoms. The minimum absolute atomic E-state index is 0.0922. The quantitative estimate of drug-likeness (QED) is 0.0558. The summed E-state index contributed by atoms with van der Waals surface area (Å²) in [6.07, 6.45) is -1.47. The highest BCUT2D eigenvalue weighted by Crippen LogP contribution is 2.17. The van der Waals surface area contributed by atoms with Crippen LogP contribution >= 0.6 is 0 Å². The second-order valence-electron chi connectivity index (χ2n) is 12.3. The first-order valence-electron chi connectivity index (χ1n) is 16.6. The predicted octanol–water partition coefficient (Wildman–Crippen LogP) is -2.68. The molecule has 0 aliphatic carbocycles. The van der Waals surface area contributed by atoms with E-state index in [-0.39, 0.29) is 19.6 Å². The average Bonchev–Trinajstić information content (AvgIpc) is 3.09. The van der Waals surface area contributed by atoms with Crippen LogP contribution in [-0.2, 0) is 44.8 Å². The van der Waals surface area contributed by atoms with Gasteiger partial charge in [0.1, 0.15) is 24.2 Å². The van der Waals surface area contributed by atoms with Gasteiger partial charge < -0.3 is 53.0 Å². The predicted molar refractivity (Wildman–Crippen MR) is 186 cm³/mol. The number of carbonyl (C=O) groups excluding carboxylic acids is 7. The minimum atomic E-state index is -1.68. The van der Waals surface area contributed by atoms with Gasteiger partial charge in [-0.3, -0.25) is 38.4 Å². The second-order valence-corrected chi connectivity index (χ2v) is 12.3. The first-order valence-corrected chi connectivity index (χ1v) is 16.6. The van der Waals surface area contributed by atoms with Gasteiger partial charge in [-0.15, -0.1) is 0 Å². The molecule has 0 saturated carbocycles. The van der Waals surface area contributed by atoms with Gasteiger partial charge in [0.2, 0.25) is 41.4 Å². The summed E-state index contributed by atoms with van der Waals surface area (Å²) in [4.78, 5) is 100. The summed E-state index contributed by atoms with van der Waals surface area (Å²) in [5, 5.41) is 43.9. The zero-order valence-electron chi connectivity index (χ0n) is 29.0. The molecular formula is C34H47N7O11. The number of aliphatic hydroxyl groups is 2. The number of fused-ring (bicyclic) bond motifs is 1. The lowest BCUT2D eigenvalue weighted by Crippen LogP contribution is -2.60. The Kier molecular flexibility index (Phi) is 17.6. The van der Waals surface area contributed by atoms with Crippen molar-refractivity contribution in [3.05, 3.63) is 48.0 Å². The van der Waals surface area contributed by atoms with Crippen molar-refractivity contribution < 1.29 is 53.7 Å². The summed E-state index contributed by atoms with van der Waals surface area (Å²) in [6.45, 7) is 1.89. The third-order valence-corrected chi connectivity index (χ3v) is 7.65. The first-order chi connectivity index (χ1) is 24.6. The molecule has 2 aromatic carbocycles. The lowest BCUT2D eigenvalue weighted by atomic mass is 10.0. The van der Waals surface area contributed by atoms with Gasteiger partial charge in [0.05, 0.1) is 26.0 Å². The van der Waals surface area contributed by atoms with Crippen molar-refractivity contribution in [2.45, 2.75) is 70.1 Å². The molecule has 2 aromatic rings. The molecule has 0 aliphatic rings. The summed E-state index contributed by atoms with van der Waals surface area (Å²) in [5.74, 6) is -7.81. The second kappa shape index (κ2) is 21.6. The smallest absolute Gasteiger partial charge is 0.303 e. The van der Waals surface area contributed by atoms with Crippen LogP contribution in [0, 0.1) is 5.92 Å². The number of primary amides is 1. The Balaban J connectivity index is 2.20. The topological polar surface area (TPSA) is 295 Å². The number of carboxylic acid groups (broad SMARTS) is 1. The van der Waals surface area contributed by atoms with Crippen LogP contribution in [-0.4, -0.2) is 113 Å². The number of rotatable bonds is 22. The highest BCUT2D eigenvalue weighted by atomic mass is 16.4. The lowest BCUT2D eigenvalue weighted by molar-refractivity contribution is -0.139. The molecule has 0 saturated heterocycles. The lowest BCUT2D eigenvalue weighted by Gasteiger charge is -2.26. The molecule has 11 N–H and O–H groups in total. The Bertz CT molecular complexity index is 1600. The Morgan fingerprint density at radius 3 is 1.96 bits per heavy atom. The van der Waals surface area contributed by atoms with Crippen LogP contribution in [0.2, 0.25) is 0 Å². The molecule has 18 nitrogen and oxygen atoms in total. The zero-order valence-corrected chi connectivity index (χ0v) is 29.0. The van der Waals surface area contributed by atoms with E-state index in [0.717, 1.165) is 10.8 Å². The van der Waals surface area contributed by atoms with E-state index < -0.39 is 110 Å². The number of amides is 7. The van der Waals surface area contributed by atoms with Gasteiger partial charge in [-0.1, -0.05) is 56.3 Å². The standard InChI is InChI=1S/C34H47N7O11/c1-19(2)30(34(52)37-17-28(46)36-12-5-13-42)41-33(51)25(18-43)40-32(50)24(16-26(35)44)39-31(49)23(38-27(45)10-11-29(47)48)15-20-8-9-21-6-3-4-7-22(21)14-20/h3-4,6-9,14,19,23-25,30,42-43H,5,10-13,15-18H2,1-2H3,(H2,35,44)(H,36,46)(H,37,52)(H,38,45)(H,39,49)(H,40,50)(H,41,51)(H,47,48)/t23-,24-,25?,30-/m0/s1. The van der Waals surface area contributed by atoms with Crippen molar-refractivity contribution in [1.29, 1.82) is 0 Å². The Morgan fingerprint density at radius 2 is 1.35 bits per heavy atom. The number of nitrogens with one attached hydrogen (secondary N) is 6. The van der Waals surface area contributed by atoms with E-state index in [1.165, 1.54) is 0 Å². The number of benzene rings is 2. The van der Waals surface area contributed by atoms with Crippen LogP contribution in [0.25, 0.3) is 10.8 Å². The van der Waals surface area contributed by atoms with E-state index >= 15 is 0 Å². The van der Waals surface area contributed by atoms with Crippen molar-refractivity contribution in [2.75, 3.05) is 26.3 Å². The molecule has 1 unspecified atom stereocenters. The van der Waals surface area contributed by atoms with Crippen LogP contribution in [0.5, 0.6) is 0 Å². The molecule has 0 aromatic heterocycles. The number of carbonyl (C=O) groups is 8. The number of hydrogen-bond acceptors (Lipinski definition) is 10.